The molecule has 0 aliphatic heterocycles. The van der Waals surface area contributed by atoms with Gasteiger partial charge in [0.25, 0.3) is 0 Å². The number of guanidine groups is 1. The Balaban J connectivity index is 1.81. The molecular formula is C19H23F2N3O3S. The molecule has 0 aliphatic carbocycles. The minimum Gasteiger partial charge on any atom is -0.492 e. The van der Waals surface area contributed by atoms with Crippen LogP contribution in [0.1, 0.15) is 11.1 Å². The maximum absolute atomic E-state index is 13.1. The van der Waals surface area contributed by atoms with Crippen molar-refractivity contribution >= 4 is 15.8 Å². The summed E-state index contributed by atoms with van der Waals surface area (Å²) in [5, 5.41) is 6.15. The van der Waals surface area contributed by atoms with Crippen LogP contribution in [0.3, 0.4) is 0 Å². The van der Waals surface area contributed by atoms with Gasteiger partial charge in [0, 0.05) is 25.9 Å². The van der Waals surface area contributed by atoms with E-state index < -0.39 is 21.5 Å². The van der Waals surface area contributed by atoms with Crippen LogP contribution in [0, 0.1) is 18.6 Å². The Hall–Kier alpha value is -2.68. The molecule has 0 bridgehead atoms. The molecule has 0 heterocycles. The summed E-state index contributed by atoms with van der Waals surface area (Å²) in [5.74, 6) is -1.11. The second kappa shape index (κ2) is 9.50. The summed E-state index contributed by atoms with van der Waals surface area (Å²) in [6, 6.07) is 8.50. The first-order valence-corrected chi connectivity index (χ1v) is 10.4. The van der Waals surface area contributed by atoms with Crippen molar-refractivity contribution in [2.45, 2.75) is 18.4 Å². The molecule has 6 nitrogen and oxygen atoms in total. The summed E-state index contributed by atoms with van der Waals surface area (Å²) < 4.78 is 54.7. The van der Waals surface area contributed by atoms with Crippen LogP contribution < -0.4 is 15.4 Å². The Morgan fingerprint density at radius 1 is 1.11 bits per heavy atom. The molecule has 0 saturated carbocycles. The van der Waals surface area contributed by atoms with Gasteiger partial charge < -0.3 is 15.4 Å². The van der Waals surface area contributed by atoms with Crippen molar-refractivity contribution in [1.82, 2.24) is 10.6 Å². The Labute approximate surface area is 163 Å². The summed E-state index contributed by atoms with van der Waals surface area (Å²) in [4.78, 5) is 4.40. The molecule has 0 atom stereocenters. The number of ether oxygens (including phenoxy) is 1. The van der Waals surface area contributed by atoms with Crippen molar-refractivity contribution in [3.05, 3.63) is 59.2 Å². The standard InChI is InChI=1S/C19H23F2N3O3S/c1-13-10-14(4-7-18(13)28(3,25)26)12-24-19(22-2)23-8-9-27-15-5-6-16(20)17(21)11-15/h4-7,10-11H,8-9,12H2,1-3H3,(H2,22,23,24). The van der Waals surface area contributed by atoms with Crippen molar-refractivity contribution < 1.29 is 21.9 Å². The Morgan fingerprint density at radius 2 is 1.86 bits per heavy atom. The Bertz CT molecular complexity index is 963. The maximum Gasteiger partial charge on any atom is 0.191 e. The van der Waals surface area contributed by atoms with Gasteiger partial charge in [-0.1, -0.05) is 12.1 Å². The summed E-state index contributed by atoms with van der Waals surface area (Å²) >= 11 is 0. The van der Waals surface area contributed by atoms with E-state index in [0.717, 1.165) is 17.7 Å². The second-order valence-corrected chi connectivity index (χ2v) is 8.13. The van der Waals surface area contributed by atoms with Gasteiger partial charge in [0.05, 0.1) is 11.4 Å². The lowest BCUT2D eigenvalue weighted by molar-refractivity contribution is 0.318. The third-order valence-corrected chi connectivity index (χ3v) is 5.13. The first-order valence-electron chi connectivity index (χ1n) is 8.52. The zero-order valence-corrected chi connectivity index (χ0v) is 16.7. The summed E-state index contributed by atoms with van der Waals surface area (Å²) in [5.41, 5.74) is 1.59. The van der Waals surface area contributed by atoms with Gasteiger partial charge >= 0.3 is 0 Å². The number of halogens is 2. The summed E-state index contributed by atoms with van der Waals surface area (Å²) in [6.07, 6.45) is 1.18. The predicted octanol–water partition coefficient (Wildman–Crippen LogP) is 2.42. The molecule has 0 aliphatic rings. The van der Waals surface area contributed by atoms with Gasteiger partial charge in [0.15, 0.2) is 27.4 Å². The number of aryl methyl sites for hydroxylation is 1. The van der Waals surface area contributed by atoms with Crippen molar-refractivity contribution in [2.75, 3.05) is 26.5 Å². The zero-order valence-electron chi connectivity index (χ0n) is 15.9. The summed E-state index contributed by atoms with van der Waals surface area (Å²) in [7, 11) is -1.63. The molecule has 0 saturated heterocycles. The van der Waals surface area contributed by atoms with Crippen LogP contribution in [0.4, 0.5) is 8.78 Å². The predicted molar refractivity (Wildman–Crippen MR) is 104 cm³/mol. The fourth-order valence-electron chi connectivity index (χ4n) is 2.55. The number of aliphatic imine (C=N–C) groups is 1. The lowest BCUT2D eigenvalue weighted by atomic mass is 10.1. The molecule has 9 heteroatoms. The van der Waals surface area contributed by atoms with Gasteiger partial charge in [-0.05, 0) is 36.2 Å². The normalized spacial score (nSPS) is 12.0. The Kier molecular flexibility index (Phi) is 7.33. The lowest BCUT2D eigenvalue weighted by Crippen LogP contribution is -2.38. The molecule has 2 rings (SSSR count). The number of benzene rings is 2. The third-order valence-electron chi connectivity index (χ3n) is 3.88. The molecule has 0 aromatic heterocycles. The van der Waals surface area contributed by atoms with Crippen LogP contribution in [0.2, 0.25) is 0 Å². The first-order chi connectivity index (χ1) is 13.2. The molecule has 0 spiro atoms. The quantitative estimate of drug-likeness (QED) is 0.416. The van der Waals surface area contributed by atoms with Crippen LogP contribution in [0.25, 0.3) is 0 Å². The number of nitrogens with zero attached hydrogens (tertiary/aromatic N) is 1. The van der Waals surface area contributed by atoms with Crippen LogP contribution in [-0.4, -0.2) is 40.8 Å². The van der Waals surface area contributed by atoms with E-state index in [2.05, 4.69) is 15.6 Å². The van der Waals surface area contributed by atoms with Crippen LogP contribution in [0.5, 0.6) is 5.75 Å². The average Bonchev–Trinajstić information content (AvgIpc) is 2.63. The minimum absolute atomic E-state index is 0.230. The first kappa shape index (κ1) is 21.6. The smallest absolute Gasteiger partial charge is 0.191 e. The van der Waals surface area contributed by atoms with Crippen molar-refractivity contribution in [3.63, 3.8) is 0 Å². The van der Waals surface area contributed by atoms with E-state index in [9.17, 15) is 17.2 Å². The topological polar surface area (TPSA) is 79.8 Å². The molecule has 2 aromatic rings. The number of rotatable bonds is 7. The molecule has 0 unspecified atom stereocenters. The average molecular weight is 411 g/mol. The molecule has 152 valence electrons. The zero-order chi connectivity index (χ0) is 20.7. The van der Waals surface area contributed by atoms with E-state index in [1.165, 1.54) is 12.3 Å². The van der Waals surface area contributed by atoms with Gasteiger partial charge in [0.1, 0.15) is 12.4 Å². The van der Waals surface area contributed by atoms with Gasteiger partial charge in [-0.3, -0.25) is 4.99 Å². The van der Waals surface area contributed by atoms with Crippen molar-refractivity contribution in [1.29, 1.82) is 0 Å². The SMILES string of the molecule is CN=C(NCCOc1ccc(F)c(F)c1)NCc1ccc(S(C)(=O)=O)c(C)c1. The maximum atomic E-state index is 13.1. The molecule has 2 N–H and O–H groups in total. The van der Waals surface area contributed by atoms with E-state index in [1.807, 2.05) is 6.07 Å². The van der Waals surface area contributed by atoms with E-state index in [4.69, 9.17) is 4.74 Å². The number of nitrogens with one attached hydrogen (secondary N) is 2. The van der Waals surface area contributed by atoms with E-state index >= 15 is 0 Å². The molecule has 28 heavy (non-hydrogen) atoms. The molecule has 2 aromatic carbocycles. The van der Waals surface area contributed by atoms with E-state index in [-0.39, 0.29) is 12.4 Å². The van der Waals surface area contributed by atoms with Gasteiger partial charge in [0.2, 0.25) is 0 Å². The van der Waals surface area contributed by atoms with Crippen LogP contribution >= 0.6 is 0 Å². The molecule has 0 radical (unpaired) electrons. The fourth-order valence-corrected chi connectivity index (χ4v) is 3.51. The number of hydrogen-bond donors (Lipinski definition) is 2. The fraction of sp³-hybridized carbons (Fsp3) is 0.316. The third kappa shape index (κ3) is 6.19. The minimum atomic E-state index is -3.24. The van der Waals surface area contributed by atoms with Gasteiger partial charge in [-0.15, -0.1) is 0 Å². The summed E-state index contributed by atoms with van der Waals surface area (Å²) in [6.45, 7) is 2.83. The molecule has 0 fully saturated rings. The highest BCUT2D eigenvalue weighted by atomic mass is 32.2. The second-order valence-electron chi connectivity index (χ2n) is 6.15. The van der Waals surface area contributed by atoms with Crippen LogP contribution in [0.15, 0.2) is 46.3 Å². The monoisotopic (exact) mass is 411 g/mol. The van der Waals surface area contributed by atoms with E-state index in [1.54, 1.807) is 26.1 Å². The highest BCUT2D eigenvalue weighted by Crippen LogP contribution is 2.17. The molecular weight excluding hydrogens is 388 g/mol. The number of sulfone groups is 1. The highest BCUT2D eigenvalue weighted by molar-refractivity contribution is 7.90. The van der Waals surface area contributed by atoms with E-state index in [0.29, 0.717) is 29.5 Å². The number of hydrogen-bond acceptors (Lipinski definition) is 4. The van der Waals surface area contributed by atoms with Crippen LogP contribution in [-0.2, 0) is 16.4 Å². The van der Waals surface area contributed by atoms with Gasteiger partial charge in [-0.25, -0.2) is 17.2 Å². The molecule has 0 amide bonds. The Morgan fingerprint density at radius 3 is 2.46 bits per heavy atom. The largest absolute Gasteiger partial charge is 0.492 e. The van der Waals surface area contributed by atoms with Gasteiger partial charge in [-0.2, -0.15) is 0 Å². The van der Waals surface area contributed by atoms with Crippen molar-refractivity contribution in [2.24, 2.45) is 4.99 Å². The van der Waals surface area contributed by atoms with Crippen molar-refractivity contribution in [3.8, 4) is 5.75 Å². The lowest BCUT2D eigenvalue weighted by Gasteiger charge is -2.13. The highest BCUT2D eigenvalue weighted by Gasteiger charge is 2.11.